The highest BCUT2D eigenvalue weighted by molar-refractivity contribution is 5.97. The molecule has 0 bridgehead atoms. The summed E-state index contributed by atoms with van der Waals surface area (Å²) in [4.78, 5) is 16.9. The first-order valence-electron chi connectivity index (χ1n) is 8.04. The van der Waals surface area contributed by atoms with Gasteiger partial charge >= 0.3 is 0 Å². The Kier molecular flexibility index (Phi) is 4.89. The van der Waals surface area contributed by atoms with Gasteiger partial charge in [-0.2, -0.15) is 0 Å². The van der Waals surface area contributed by atoms with Gasteiger partial charge in [0.05, 0.1) is 19.8 Å². The Morgan fingerprint density at radius 1 is 0.875 bits per heavy atom. The van der Waals surface area contributed by atoms with Crippen LogP contribution in [-0.4, -0.2) is 51.2 Å². The number of amides is 1. The van der Waals surface area contributed by atoms with E-state index in [1.807, 2.05) is 41.3 Å². The molecule has 1 aliphatic heterocycles. The summed E-state index contributed by atoms with van der Waals surface area (Å²) in [6.45, 7) is 3.02. The Labute approximate surface area is 142 Å². The summed E-state index contributed by atoms with van der Waals surface area (Å²) in [7, 11) is 3.25. The van der Waals surface area contributed by atoms with Crippen LogP contribution in [0.5, 0.6) is 11.5 Å². The summed E-state index contributed by atoms with van der Waals surface area (Å²) in [6, 6.07) is 15.4. The average molecular weight is 326 g/mol. The number of ether oxygens (including phenoxy) is 2. The highest BCUT2D eigenvalue weighted by Crippen LogP contribution is 2.23. The van der Waals surface area contributed by atoms with Gasteiger partial charge < -0.3 is 19.3 Å². The van der Waals surface area contributed by atoms with Gasteiger partial charge in [0, 0.05) is 31.9 Å². The summed E-state index contributed by atoms with van der Waals surface area (Å²) in [5.41, 5.74) is 1.78. The fraction of sp³-hybridized carbons (Fsp3) is 0.316. The molecule has 5 heteroatoms. The Balaban J connectivity index is 1.65. The molecule has 0 spiro atoms. The van der Waals surface area contributed by atoms with E-state index >= 15 is 0 Å². The number of benzene rings is 2. The van der Waals surface area contributed by atoms with Crippen LogP contribution >= 0.6 is 0 Å². The third-order valence-corrected chi connectivity index (χ3v) is 4.34. The van der Waals surface area contributed by atoms with Crippen molar-refractivity contribution in [3.05, 3.63) is 54.1 Å². The molecule has 0 aromatic heterocycles. The molecule has 3 rings (SSSR count). The third kappa shape index (κ3) is 3.30. The van der Waals surface area contributed by atoms with E-state index in [1.54, 1.807) is 14.2 Å². The average Bonchev–Trinajstić information content (AvgIpc) is 2.67. The molecule has 0 saturated carbocycles. The monoisotopic (exact) mass is 326 g/mol. The van der Waals surface area contributed by atoms with E-state index in [0.29, 0.717) is 24.4 Å². The van der Waals surface area contributed by atoms with Crippen LogP contribution in [-0.2, 0) is 0 Å². The molecule has 2 aromatic rings. The van der Waals surface area contributed by atoms with Crippen molar-refractivity contribution in [2.24, 2.45) is 0 Å². The molecule has 1 saturated heterocycles. The standard InChI is InChI=1S/C19H22N2O3/c1-23-16-9-7-15(8-10-16)20-11-13-21(14-12-20)19(22)17-5-3-4-6-18(17)24-2/h3-10H,11-14H2,1-2H3. The molecule has 1 fully saturated rings. The minimum absolute atomic E-state index is 0.0295. The summed E-state index contributed by atoms with van der Waals surface area (Å²) >= 11 is 0. The second-order valence-electron chi connectivity index (χ2n) is 5.68. The van der Waals surface area contributed by atoms with E-state index in [2.05, 4.69) is 17.0 Å². The SMILES string of the molecule is COc1ccc(N2CCN(C(=O)c3ccccc3OC)CC2)cc1. The van der Waals surface area contributed by atoms with Crippen molar-refractivity contribution in [2.75, 3.05) is 45.3 Å². The van der Waals surface area contributed by atoms with Crippen LogP contribution in [0.15, 0.2) is 48.5 Å². The molecular weight excluding hydrogens is 304 g/mol. The van der Waals surface area contributed by atoms with Crippen LogP contribution in [0.2, 0.25) is 0 Å². The van der Waals surface area contributed by atoms with Gasteiger partial charge in [0.15, 0.2) is 0 Å². The van der Waals surface area contributed by atoms with Crippen molar-refractivity contribution in [2.45, 2.75) is 0 Å². The Morgan fingerprint density at radius 3 is 2.17 bits per heavy atom. The van der Waals surface area contributed by atoms with E-state index in [4.69, 9.17) is 9.47 Å². The van der Waals surface area contributed by atoms with E-state index in [-0.39, 0.29) is 5.91 Å². The van der Waals surface area contributed by atoms with Crippen molar-refractivity contribution in [3.8, 4) is 11.5 Å². The molecule has 2 aromatic carbocycles. The van der Waals surface area contributed by atoms with Crippen LogP contribution in [0.25, 0.3) is 0 Å². The molecule has 0 unspecified atom stereocenters. The van der Waals surface area contributed by atoms with Crippen LogP contribution in [0.4, 0.5) is 5.69 Å². The first kappa shape index (κ1) is 16.2. The normalized spacial score (nSPS) is 14.4. The molecule has 1 amide bonds. The predicted molar refractivity (Wildman–Crippen MR) is 94.1 cm³/mol. The number of hydrogen-bond acceptors (Lipinski definition) is 4. The number of hydrogen-bond donors (Lipinski definition) is 0. The molecule has 0 aliphatic carbocycles. The lowest BCUT2D eigenvalue weighted by Crippen LogP contribution is -2.48. The maximum absolute atomic E-state index is 12.7. The fourth-order valence-corrected chi connectivity index (χ4v) is 2.95. The second kappa shape index (κ2) is 7.25. The minimum atomic E-state index is 0.0295. The predicted octanol–water partition coefficient (Wildman–Crippen LogP) is 2.67. The first-order valence-corrected chi connectivity index (χ1v) is 8.04. The molecule has 1 aliphatic rings. The van der Waals surface area contributed by atoms with Gasteiger partial charge in [-0.3, -0.25) is 4.79 Å². The van der Waals surface area contributed by atoms with E-state index in [1.165, 1.54) is 0 Å². The van der Waals surface area contributed by atoms with Gasteiger partial charge in [-0.15, -0.1) is 0 Å². The summed E-state index contributed by atoms with van der Waals surface area (Å²) < 4.78 is 10.5. The minimum Gasteiger partial charge on any atom is -0.497 e. The molecule has 24 heavy (non-hydrogen) atoms. The fourth-order valence-electron chi connectivity index (χ4n) is 2.95. The number of carbonyl (C=O) groups is 1. The van der Waals surface area contributed by atoms with Crippen LogP contribution < -0.4 is 14.4 Å². The van der Waals surface area contributed by atoms with Crippen molar-refractivity contribution in [1.82, 2.24) is 4.90 Å². The van der Waals surface area contributed by atoms with Gasteiger partial charge in [-0.05, 0) is 36.4 Å². The molecular formula is C19H22N2O3. The summed E-state index contributed by atoms with van der Waals surface area (Å²) in [6.07, 6.45) is 0. The van der Waals surface area contributed by atoms with Gasteiger partial charge in [0.25, 0.3) is 5.91 Å². The highest BCUT2D eigenvalue weighted by Gasteiger charge is 2.24. The zero-order chi connectivity index (χ0) is 16.9. The molecule has 1 heterocycles. The van der Waals surface area contributed by atoms with Gasteiger partial charge in [-0.1, -0.05) is 12.1 Å². The first-order chi connectivity index (χ1) is 11.7. The molecule has 0 radical (unpaired) electrons. The van der Waals surface area contributed by atoms with E-state index in [0.717, 1.165) is 24.5 Å². The number of methoxy groups -OCH3 is 2. The lowest BCUT2D eigenvalue weighted by Gasteiger charge is -2.36. The molecule has 0 atom stereocenters. The van der Waals surface area contributed by atoms with Crippen molar-refractivity contribution in [3.63, 3.8) is 0 Å². The summed E-state index contributed by atoms with van der Waals surface area (Å²) in [5, 5.41) is 0. The largest absolute Gasteiger partial charge is 0.497 e. The number of piperazine rings is 1. The van der Waals surface area contributed by atoms with E-state index < -0.39 is 0 Å². The maximum Gasteiger partial charge on any atom is 0.257 e. The van der Waals surface area contributed by atoms with Gasteiger partial charge in [0.1, 0.15) is 11.5 Å². The topological polar surface area (TPSA) is 42.0 Å². The quantitative estimate of drug-likeness (QED) is 0.866. The number of rotatable bonds is 4. The number of nitrogens with zero attached hydrogens (tertiary/aromatic N) is 2. The van der Waals surface area contributed by atoms with Crippen molar-refractivity contribution in [1.29, 1.82) is 0 Å². The number of para-hydroxylation sites is 1. The van der Waals surface area contributed by atoms with Gasteiger partial charge in [0.2, 0.25) is 0 Å². The highest BCUT2D eigenvalue weighted by atomic mass is 16.5. The van der Waals surface area contributed by atoms with Crippen molar-refractivity contribution >= 4 is 11.6 Å². The van der Waals surface area contributed by atoms with Crippen LogP contribution in [0.1, 0.15) is 10.4 Å². The third-order valence-electron chi connectivity index (χ3n) is 4.34. The second-order valence-corrected chi connectivity index (χ2v) is 5.68. The zero-order valence-corrected chi connectivity index (χ0v) is 14.1. The van der Waals surface area contributed by atoms with Crippen LogP contribution in [0.3, 0.4) is 0 Å². The maximum atomic E-state index is 12.7. The van der Waals surface area contributed by atoms with Gasteiger partial charge in [-0.25, -0.2) is 0 Å². The molecule has 5 nitrogen and oxygen atoms in total. The number of anilines is 1. The molecule has 0 N–H and O–H groups in total. The summed E-state index contributed by atoms with van der Waals surface area (Å²) in [5.74, 6) is 1.51. The zero-order valence-electron chi connectivity index (χ0n) is 14.1. The van der Waals surface area contributed by atoms with Crippen LogP contribution in [0, 0.1) is 0 Å². The molecule has 126 valence electrons. The number of carbonyl (C=O) groups excluding carboxylic acids is 1. The Bertz CT molecular complexity index is 692. The lowest BCUT2D eigenvalue weighted by atomic mass is 10.1. The van der Waals surface area contributed by atoms with Crippen molar-refractivity contribution < 1.29 is 14.3 Å². The smallest absolute Gasteiger partial charge is 0.257 e. The Morgan fingerprint density at radius 2 is 1.54 bits per heavy atom. The lowest BCUT2D eigenvalue weighted by molar-refractivity contribution is 0.0743. The van der Waals surface area contributed by atoms with E-state index in [9.17, 15) is 4.79 Å². The Hall–Kier alpha value is -2.69.